The topological polar surface area (TPSA) is 55.4 Å². The molecule has 0 aromatic rings. The zero-order chi connectivity index (χ0) is 24.5. The molecule has 0 aliphatic heterocycles. The van der Waals surface area contributed by atoms with Crippen molar-refractivity contribution >= 4 is 11.9 Å². The van der Waals surface area contributed by atoms with Gasteiger partial charge in [0.2, 0.25) is 5.91 Å². The molecule has 8 unspecified atom stereocenters. The number of rotatable bonds is 8. The second-order valence-electron chi connectivity index (χ2n) is 13.4. The number of methoxy groups -OCH3 is 1. The number of hydrogen-bond acceptors (Lipinski definition) is 3. The van der Waals surface area contributed by atoms with Crippen molar-refractivity contribution < 1.29 is 14.3 Å². The molecule has 4 fully saturated rings. The molecule has 4 heteroatoms. The van der Waals surface area contributed by atoms with Crippen LogP contribution >= 0.6 is 0 Å². The summed E-state index contributed by atoms with van der Waals surface area (Å²) in [6.07, 6.45) is 17.7. The van der Waals surface area contributed by atoms with Gasteiger partial charge in [-0.15, -0.1) is 0 Å². The van der Waals surface area contributed by atoms with Gasteiger partial charge in [-0.25, -0.2) is 4.79 Å². The maximum absolute atomic E-state index is 12.6. The molecule has 4 saturated carbocycles. The highest BCUT2D eigenvalue weighted by molar-refractivity contribution is 5.84. The fourth-order valence-corrected chi connectivity index (χ4v) is 9.48. The van der Waals surface area contributed by atoms with Gasteiger partial charge in [0.15, 0.2) is 0 Å². The molecular weight excluding hydrogens is 422 g/mol. The second kappa shape index (κ2) is 10.5. The van der Waals surface area contributed by atoms with E-state index in [1.54, 1.807) is 0 Å². The molecule has 4 nitrogen and oxygen atoms in total. The summed E-state index contributed by atoms with van der Waals surface area (Å²) in [6.45, 7) is 9.41. The summed E-state index contributed by atoms with van der Waals surface area (Å²) in [5.74, 6) is 4.57. The number of carbonyl (C=O) groups excluding carboxylic acids is 2. The fourth-order valence-electron chi connectivity index (χ4n) is 9.48. The van der Waals surface area contributed by atoms with Gasteiger partial charge < -0.3 is 10.1 Å². The van der Waals surface area contributed by atoms with Crippen LogP contribution in [-0.2, 0) is 14.3 Å². The molecule has 0 radical (unpaired) electrons. The minimum Gasteiger partial charge on any atom is -0.467 e. The third kappa shape index (κ3) is 4.94. The number of carbonyl (C=O) groups is 2. The highest BCUT2D eigenvalue weighted by Crippen LogP contribution is 2.67. The minimum absolute atomic E-state index is 0.00278. The zero-order valence-electron chi connectivity index (χ0n) is 22.7. The van der Waals surface area contributed by atoms with E-state index in [1.165, 1.54) is 71.3 Å². The smallest absolute Gasteiger partial charge is 0.328 e. The summed E-state index contributed by atoms with van der Waals surface area (Å²) in [5, 5.41) is 2.94. The van der Waals surface area contributed by atoms with Crippen LogP contribution in [0.4, 0.5) is 0 Å². The number of fused-ring (bicyclic) bond motifs is 5. The number of esters is 1. The second-order valence-corrected chi connectivity index (χ2v) is 13.4. The minimum atomic E-state index is -0.516. The fraction of sp³-hybridized carbons (Fsp3) is 0.933. The van der Waals surface area contributed by atoms with Gasteiger partial charge in [0.05, 0.1) is 7.11 Å². The molecule has 0 heterocycles. The van der Waals surface area contributed by atoms with Crippen molar-refractivity contribution in [1.82, 2.24) is 5.32 Å². The van der Waals surface area contributed by atoms with Crippen LogP contribution in [0.3, 0.4) is 0 Å². The van der Waals surface area contributed by atoms with E-state index in [9.17, 15) is 9.59 Å². The summed E-state index contributed by atoms with van der Waals surface area (Å²) in [5.41, 5.74) is 1.09. The monoisotopic (exact) mass is 473 g/mol. The van der Waals surface area contributed by atoms with Crippen molar-refractivity contribution in [2.75, 3.05) is 7.11 Å². The molecule has 4 aliphatic carbocycles. The molecule has 194 valence electrons. The maximum atomic E-state index is 12.6. The highest BCUT2D eigenvalue weighted by atomic mass is 16.5. The summed E-state index contributed by atoms with van der Waals surface area (Å²) >= 11 is 0. The molecule has 0 aromatic carbocycles. The Morgan fingerprint density at radius 2 is 1.71 bits per heavy atom. The molecule has 1 amide bonds. The van der Waals surface area contributed by atoms with Crippen LogP contribution in [0.5, 0.6) is 0 Å². The van der Waals surface area contributed by atoms with E-state index in [2.05, 4.69) is 33.0 Å². The van der Waals surface area contributed by atoms with Gasteiger partial charge in [-0.05, 0) is 117 Å². The van der Waals surface area contributed by atoms with Crippen LogP contribution in [0.25, 0.3) is 0 Å². The third-order valence-corrected chi connectivity index (χ3v) is 11.3. The predicted octanol–water partition coefficient (Wildman–Crippen LogP) is 6.91. The van der Waals surface area contributed by atoms with Crippen LogP contribution in [-0.4, -0.2) is 25.0 Å². The van der Waals surface area contributed by atoms with Gasteiger partial charge in [0.25, 0.3) is 0 Å². The summed E-state index contributed by atoms with van der Waals surface area (Å²) in [6, 6.07) is -0.516. The Kier molecular flexibility index (Phi) is 8.04. The van der Waals surface area contributed by atoms with E-state index in [0.717, 1.165) is 42.4 Å². The number of amides is 1. The average molecular weight is 474 g/mol. The quantitative estimate of drug-likeness (QED) is 0.390. The maximum Gasteiger partial charge on any atom is 0.328 e. The summed E-state index contributed by atoms with van der Waals surface area (Å²) in [7, 11) is 1.40. The largest absolute Gasteiger partial charge is 0.467 e. The number of nitrogens with one attached hydrogen (secondary N) is 1. The molecule has 0 spiro atoms. The Morgan fingerprint density at radius 3 is 2.44 bits per heavy atom. The average Bonchev–Trinajstić information content (AvgIpc) is 3.13. The van der Waals surface area contributed by atoms with Crippen molar-refractivity contribution in [2.24, 2.45) is 46.3 Å². The number of hydrogen-bond donors (Lipinski definition) is 1. The first-order chi connectivity index (χ1) is 16.2. The first-order valence-electron chi connectivity index (χ1n) is 14.6. The Morgan fingerprint density at radius 1 is 0.941 bits per heavy atom. The first-order valence-corrected chi connectivity index (χ1v) is 14.6. The molecule has 0 aromatic heterocycles. The van der Waals surface area contributed by atoms with Crippen molar-refractivity contribution in [1.29, 1.82) is 0 Å². The molecule has 34 heavy (non-hydrogen) atoms. The molecule has 8 atom stereocenters. The lowest BCUT2D eigenvalue weighted by molar-refractivity contribution is -0.145. The predicted molar refractivity (Wildman–Crippen MR) is 137 cm³/mol. The van der Waals surface area contributed by atoms with Crippen LogP contribution in [0, 0.1) is 46.3 Å². The number of ether oxygens (including phenoxy) is 1. The SMILES string of the molecule is COC(=O)C(CC(C)C)NC(=O)CCCC1CCC2C3CCC4CCCCC4(C)C3CCC12C. The lowest BCUT2D eigenvalue weighted by Gasteiger charge is -2.60. The van der Waals surface area contributed by atoms with Gasteiger partial charge in [-0.1, -0.05) is 40.5 Å². The van der Waals surface area contributed by atoms with E-state index < -0.39 is 6.04 Å². The van der Waals surface area contributed by atoms with Crippen LogP contribution in [0.15, 0.2) is 0 Å². The third-order valence-electron chi connectivity index (χ3n) is 11.3. The Hall–Kier alpha value is -1.06. The van der Waals surface area contributed by atoms with Crippen LogP contribution in [0.2, 0.25) is 0 Å². The first kappa shape index (κ1) is 26.0. The van der Waals surface area contributed by atoms with E-state index in [-0.39, 0.29) is 11.9 Å². The Bertz CT molecular complexity index is 735. The van der Waals surface area contributed by atoms with Crippen molar-refractivity contribution in [3.05, 3.63) is 0 Å². The molecule has 4 aliphatic rings. The Balaban J connectivity index is 1.31. The van der Waals surface area contributed by atoms with E-state index in [1.807, 2.05) is 0 Å². The van der Waals surface area contributed by atoms with Crippen LogP contribution in [0.1, 0.15) is 118 Å². The van der Waals surface area contributed by atoms with Gasteiger partial charge in [-0.2, -0.15) is 0 Å². The van der Waals surface area contributed by atoms with E-state index in [4.69, 9.17) is 4.74 Å². The van der Waals surface area contributed by atoms with E-state index >= 15 is 0 Å². The molecule has 4 rings (SSSR count). The molecule has 1 N–H and O–H groups in total. The highest BCUT2D eigenvalue weighted by Gasteiger charge is 2.59. The van der Waals surface area contributed by atoms with Gasteiger partial charge >= 0.3 is 5.97 Å². The van der Waals surface area contributed by atoms with Gasteiger partial charge in [0, 0.05) is 6.42 Å². The molecule has 0 bridgehead atoms. The van der Waals surface area contributed by atoms with Gasteiger partial charge in [-0.3, -0.25) is 4.79 Å². The normalized spacial score (nSPS) is 40.1. The van der Waals surface area contributed by atoms with Gasteiger partial charge in [0.1, 0.15) is 6.04 Å². The summed E-state index contributed by atoms with van der Waals surface area (Å²) < 4.78 is 4.90. The Labute approximate surface area is 208 Å². The van der Waals surface area contributed by atoms with Crippen molar-refractivity contribution in [2.45, 2.75) is 124 Å². The van der Waals surface area contributed by atoms with Crippen LogP contribution < -0.4 is 5.32 Å². The zero-order valence-corrected chi connectivity index (χ0v) is 22.7. The molecule has 0 saturated heterocycles. The molecular formula is C30H51NO3. The lowest BCUT2D eigenvalue weighted by Crippen LogP contribution is -2.52. The summed E-state index contributed by atoms with van der Waals surface area (Å²) in [4.78, 5) is 24.7. The van der Waals surface area contributed by atoms with Crippen molar-refractivity contribution in [3.8, 4) is 0 Å². The van der Waals surface area contributed by atoms with E-state index in [0.29, 0.717) is 29.6 Å². The lowest BCUT2D eigenvalue weighted by atomic mass is 9.45. The van der Waals surface area contributed by atoms with Crippen molar-refractivity contribution in [3.63, 3.8) is 0 Å². The standard InChI is InChI=1S/C30H51NO3/c1-20(2)19-26(28(33)34-5)31-27(32)11-8-10-22-13-15-24-23-14-12-21-9-6-7-17-29(21,3)25(23)16-18-30(22,24)4/h20-26H,6-19H2,1-5H3,(H,31,32).